The summed E-state index contributed by atoms with van der Waals surface area (Å²) in [5.74, 6) is -0.608. The van der Waals surface area contributed by atoms with Gasteiger partial charge in [0, 0.05) is 24.5 Å². The monoisotopic (exact) mass is 442 g/mol. The summed E-state index contributed by atoms with van der Waals surface area (Å²) in [6, 6.07) is 10.9. The molecule has 1 N–H and O–H groups in total. The normalized spacial score (nSPS) is 16.3. The Kier molecular flexibility index (Phi) is 7.74. The van der Waals surface area contributed by atoms with E-state index in [1.54, 1.807) is 18.2 Å². The Bertz CT molecular complexity index is 840. The van der Waals surface area contributed by atoms with E-state index in [4.69, 9.17) is 4.74 Å². The van der Waals surface area contributed by atoms with Gasteiger partial charge in [-0.1, -0.05) is 24.3 Å². The average molecular weight is 442 g/mol. The molecule has 9 heteroatoms. The van der Waals surface area contributed by atoms with Crippen LogP contribution in [0.5, 0.6) is 0 Å². The minimum atomic E-state index is -4.40. The van der Waals surface area contributed by atoms with E-state index in [0.29, 0.717) is 36.8 Å². The summed E-state index contributed by atoms with van der Waals surface area (Å²) in [5, 5.41) is 2.83. The second kappa shape index (κ2) is 10.3. The van der Waals surface area contributed by atoms with Crippen molar-refractivity contribution in [2.24, 2.45) is 0 Å². The first-order valence-electron chi connectivity index (χ1n) is 9.47. The van der Waals surface area contributed by atoms with E-state index in [1.165, 1.54) is 18.2 Å². The lowest BCUT2D eigenvalue weighted by Gasteiger charge is -2.35. The number of rotatable bonds is 7. The second-order valence-electron chi connectivity index (χ2n) is 6.81. The molecule has 1 fully saturated rings. The van der Waals surface area contributed by atoms with Crippen LogP contribution >= 0.6 is 11.8 Å². The number of amides is 1. The molecule has 1 aliphatic rings. The van der Waals surface area contributed by atoms with E-state index < -0.39 is 11.7 Å². The first kappa shape index (κ1) is 22.6. The summed E-state index contributed by atoms with van der Waals surface area (Å²) >= 11 is 1.10. The van der Waals surface area contributed by atoms with Crippen molar-refractivity contribution in [1.29, 1.82) is 0 Å². The Morgan fingerprint density at radius 3 is 2.40 bits per heavy atom. The predicted octanol–water partition coefficient (Wildman–Crippen LogP) is 4.13. The molecule has 0 spiro atoms. The predicted molar refractivity (Wildman–Crippen MR) is 107 cm³/mol. The summed E-state index contributed by atoms with van der Waals surface area (Å²) in [4.78, 5) is 14.8. The molecule has 1 atom stereocenters. The number of nitrogens with zero attached hydrogens (tertiary/aromatic N) is 1. The van der Waals surface area contributed by atoms with Crippen LogP contribution in [0.4, 0.5) is 17.6 Å². The molecule has 1 aliphatic heterocycles. The Morgan fingerprint density at radius 2 is 1.77 bits per heavy atom. The first-order chi connectivity index (χ1) is 14.3. The fraction of sp³-hybridized carbons (Fsp3) is 0.381. The summed E-state index contributed by atoms with van der Waals surface area (Å²) in [5.41, 5.74) is -0.0238. The smallest absolute Gasteiger partial charge is 0.379 e. The van der Waals surface area contributed by atoms with Crippen molar-refractivity contribution >= 4 is 17.7 Å². The first-order valence-corrected chi connectivity index (χ1v) is 10.5. The summed E-state index contributed by atoms with van der Waals surface area (Å²) in [7, 11) is 0. The van der Waals surface area contributed by atoms with Crippen molar-refractivity contribution in [3.8, 4) is 0 Å². The maximum atomic E-state index is 13.7. The van der Waals surface area contributed by atoms with Crippen LogP contribution in [0, 0.1) is 5.82 Å². The van der Waals surface area contributed by atoms with Gasteiger partial charge >= 0.3 is 6.18 Å². The largest absolute Gasteiger partial charge is 0.416 e. The number of benzene rings is 2. The van der Waals surface area contributed by atoms with Crippen LogP contribution in [0.1, 0.15) is 17.2 Å². The van der Waals surface area contributed by atoms with Crippen molar-refractivity contribution in [2.75, 3.05) is 38.6 Å². The SMILES string of the molecule is O=C(CSc1ccccc1F)NCC(c1ccc(C(F)(F)F)cc1)N1CCOCC1. The quantitative estimate of drug-likeness (QED) is 0.517. The van der Waals surface area contributed by atoms with E-state index in [1.807, 2.05) is 0 Å². The van der Waals surface area contributed by atoms with Gasteiger partial charge in [0.1, 0.15) is 5.82 Å². The van der Waals surface area contributed by atoms with Crippen LogP contribution in [0.15, 0.2) is 53.4 Å². The number of alkyl halides is 3. The Labute approximate surface area is 176 Å². The molecule has 1 amide bonds. The van der Waals surface area contributed by atoms with Crippen molar-refractivity contribution in [3.63, 3.8) is 0 Å². The summed E-state index contributed by atoms with van der Waals surface area (Å²) < 4.78 is 57.6. The topological polar surface area (TPSA) is 41.6 Å². The molecule has 0 aromatic heterocycles. The van der Waals surface area contributed by atoms with E-state index in [2.05, 4.69) is 10.2 Å². The number of thioether (sulfide) groups is 1. The van der Waals surface area contributed by atoms with Crippen molar-refractivity contribution in [2.45, 2.75) is 17.1 Å². The highest BCUT2D eigenvalue weighted by Gasteiger charge is 2.31. The van der Waals surface area contributed by atoms with Gasteiger partial charge in [-0.25, -0.2) is 4.39 Å². The maximum absolute atomic E-state index is 13.7. The van der Waals surface area contributed by atoms with Gasteiger partial charge < -0.3 is 10.1 Å². The Hall–Kier alpha value is -2.10. The van der Waals surface area contributed by atoms with Gasteiger partial charge in [-0.05, 0) is 29.8 Å². The molecule has 30 heavy (non-hydrogen) atoms. The molecule has 0 aliphatic carbocycles. The molecular formula is C21H22F4N2O2S. The lowest BCUT2D eigenvalue weighted by atomic mass is 10.0. The fourth-order valence-corrected chi connectivity index (χ4v) is 3.98. The van der Waals surface area contributed by atoms with Crippen LogP contribution < -0.4 is 5.32 Å². The minimum Gasteiger partial charge on any atom is -0.379 e. The molecular weight excluding hydrogens is 420 g/mol. The fourth-order valence-electron chi connectivity index (χ4n) is 3.21. The van der Waals surface area contributed by atoms with Gasteiger partial charge in [0.25, 0.3) is 0 Å². The molecule has 2 aromatic carbocycles. The molecule has 162 valence electrons. The van der Waals surface area contributed by atoms with Gasteiger partial charge in [-0.3, -0.25) is 9.69 Å². The van der Waals surface area contributed by atoms with E-state index in [0.717, 1.165) is 23.9 Å². The summed E-state index contributed by atoms with van der Waals surface area (Å²) in [6.45, 7) is 2.52. The molecule has 1 unspecified atom stereocenters. The van der Waals surface area contributed by atoms with Crippen LogP contribution in [-0.4, -0.2) is 49.4 Å². The Balaban J connectivity index is 1.64. The molecule has 1 heterocycles. The molecule has 2 aromatic rings. The van der Waals surface area contributed by atoms with Crippen LogP contribution in [-0.2, 0) is 15.7 Å². The van der Waals surface area contributed by atoms with Gasteiger partial charge in [-0.2, -0.15) is 13.2 Å². The zero-order valence-electron chi connectivity index (χ0n) is 16.1. The standard InChI is InChI=1S/C21H22F4N2O2S/c22-17-3-1-2-4-19(17)30-14-20(28)26-13-18(27-9-11-29-12-10-27)15-5-7-16(8-6-15)21(23,24)25/h1-8,18H,9-14H2,(H,26,28). The van der Waals surface area contributed by atoms with Crippen LogP contribution in [0.25, 0.3) is 0 Å². The number of morpholine rings is 1. The average Bonchev–Trinajstić information content (AvgIpc) is 2.74. The highest BCUT2D eigenvalue weighted by molar-refractivity contribution is 8.00. The van der Waals surface area contributed by atoms with Crippen LogP contribution in [0.3, 0.4) is 0 Å². The molecule has 4 nitrogen and oxygen atoms in total. The van der Waals surface area contributed by atoms with Gasteiger partial charge in [0.15, 0.2) is 0 Å². The lowest BCUT2D eigenvalue weighted by Crippen LogP contribution is -2.44. The molecule has 0 radical (unpaired) electrons. The van der Waals surface area contributed by atoms with Crippen molar-refractivity contribution in [1.82, 2.24) is 10.2 Å². The zero-order valence-corrected chi connectivity index (χ0v) is 16.9. The number of ether oxygens (including phenoxy) is 1. The molecule has 1 saturated heterocycles. The third-order valence-electron chi connectivity index (χ3n) is 4.80. The van der Waals surface area contributed by atoms with Gasteiger partial charge in [-0.15, -0.1) is 11.8 Å². The Morgan fingerprint density at radius 1 is 1.10 bits per heavy atom. The number of nitrogens with one attached hydrogen (secondary N) is 1. The third kappa shape index (κ3) is 6.20. The lowest BCUT2D eigenvalue weighted by molar-refractivity contribution is -0.137. The maximum Gasteiger partial charge on any atom is 0.416 e. The van der Waals surface area contributed by atoms with Gasteiger partial charge in [0.2, 0.25) is 5.91 Å². The van der Waals surface area contributed by atoms with E-state index in [-0.39, 0.29) is 30.1 Å². The highest BCUT2D eigenvalue weighted by Crippen LogP contribution is 2.31. The number of hydrogen-bond acceptors (Lipinski definition) is 4. The molecule has 0 saturated carbocycles. The van der Waals surface area contributed by atoms with E-state index >= 15 is 0 Å². The number of halogens is 4. The zero-order chi connectivity index (χ0) is 21.6. The molecule has 3 rings (SSSR count). The molecule has 0 bridgehead atoms. The number of hydrogen-bond donors (Lipinski definition) is 1. The second-order valence-corrected chi connectivity index (χ2v) is 7.82. The number of carbonyl (C=O) groups excluding carboxylic acids is 1. The third-order valence-corrected chi connectivity index (χ3v) is 5.85. The van der Waals surface area contributed by atoms with Crippen molar-refractivity contribution in [3.05, 3.63) is 65.5 Å². The summed E-state index contributed by atoms with van der Waals surface area (Å²) in [6.07, 6.45) is -4.40. The van der Waals surface area contributed by atoms with Gasteiger partial charge in [0.05, 0.1) is 30.6 Å². The van der Waals surface area contributed by atoms with E-state index in [9.17, 15) is 22.4 Å². The number of carbonyl (C=O) groups is 1. The van der Waals surface area contributed by atoms with Crippen molar-refractivity contribution < 1.29 is 27.1 Å². The highest BCUT2D eigenvalue weighted by atomic mass is 32.2. The van der Waals surface area contributed by atoms with Crippen LogP contribution in [0.2, 0.25) is 0 Å². The minimum absolute atomic E-state index is 0.0454.